The molecule has 2 atom stereocenters. The van der Waals surface area contributed by atoms with E-state index in [1.807, 2.05) is 24.3 Å². The summed E-state index contributed by atoms with van der Waals surface area (Å²) < 4.78 is 5.33. The molecule has 0 radical (unpaired) electrons. The molecule has 126 valence electrons. The van der Waals surface area contributed by atoms with Crippen molar-refractivity contribution in [1.82, 2.24) is 5.32 Å². The zero-order chi connectivity index (χ0) is 16.3. The molecular formula is C19H27NO3. The number of carbonyl (C=O) groups is 1. The van der Waals surface area contributed by atoms with Crippen LogP contribution >= 0.6 is 0 Å². The summed E-state index contributed by atoms with van der Waals surface area (Å²) in [7, 11) is 1.65. The van der Waals surface area contributed by atoms with Crippen molar-refractivity contribution < 1.29 is 14.6 Å². The lowest BCUT2D eigenvalue weighted by Crippen LogP contribution is -2.51. The first-order valence-corrected chi connectivity index (χ1v) is 8.79. The Morgan fingerprint density at radius 1 is 1.22 bits per heavy atom. The third-order valence-electron chi connectivity index (χ3n) is 5.56. The molecule has 1 aromatic carbocycles. The molecule has 2 unspecified atom stereocenters. The Morgan fingerprint density at radius 2 is 1.96 bits per heavy atom. The molecule has 0 aliphatic heterocycles. The van der Waals surface area contributed by atoms with Crippen LogP contribution in [0.3, 0.4) is 0 Å². The van der Waals surface area contributed by atoms with Gasteiger partial charge >= 0.3 is 0 Å². The van der Waals surface area contributed by atoms with Crippen LogP contribution in [0.4, 0.5) is 0 Å². The van der Waals surface area contributed by atoms with Gasteiger partial charge in [-0.25, -0.2) is 0 Å². The molecule has 2 saturated carbocycles. The summed E-state index contributed by atoms with van der Waals surface area (Å²) in [5.41, 5.74) is 0.572. The van der Waals surface area contributed by atoms with Gasteiger partial charge in [0.2, 0.25) is 5.91 Å². The second kappa shape index (κ2) is 6.91. The lowest BCUT2D eigenvalue weighted by atomic mass is 9.77. The van der Waals surface area contributed by atoms with Crippen LogP contribution < -0.4 is 10.1 Å². The van der Waals surface area contributed by atoms with E-state index >= 15 is 0 Å². The molecular weight excluding hydrogens is 290 g/mol. The van der Waals surface area contributed by atoms with Crippen LogP contribution in [-0.2, 0) is 10.2 Å². The third kappa shape index (κ3) is 3.23. The van der Waals surface area contributed by atoms with Crippen molar-refractivity contribution in [2.24, 2.45) is 0 Å². The second-order valence-electron chi connectivity index (χ2n) is 6.95. The highest BCUT2D eigenvalue weighted by atomic mass is 16.5. The van der Waals surface area contributed by atoms with E-state index in [9.17, 15) is 9.90 Å². The van der Waals surface area contributed by atoms with Gasteiger partial charge in [-0.3, -0.25) is 4.79 Å². The first-order chi connectivity index (χ1) is 11.2. The van der Waals surface area contributed by atoms with Crippen LogP contribution in [0.5, 0.6) is 5.75 Å². The highest BCUT2D eigenvalue weighted by Crippen LogP contribution is 2.42. The van der Waals surface area contributed by atoms with E-state index in [-0.39, 0.29) is 11.9 Å². The summed E-state index contributed by atoms with van der Waals surface area (Å²) in [5, 5.41) is 13.3. The van der Waals surface area contributed by atoms with Gasteiger partial charge in [-0.1, -0.05) is 37.8 Å². The van der Waals surface area contributed by atoms with Gasteiger partial charge in [0.25, 0.3) is 0 Å². The van der Waals surface area contributed by atoms with Crippen LogP contribution in [0.15, 0.2) is 24.3 Å². The molecule has 4 nitrogen and oxygen atoms in total. The monoisotopic (exact) mass is 317 g/mol. The number of carbonyl (C=O) groups excluding carboxylic acids is 1. The van der Waals surface area contributed by atoms with Crippen molar-refractivity contribution in [2.45, 2.75) is 68.9 Å². The molecule has 0 saturated heterocycles. The topological polar surface area (TPSA) is 58.6 Å². The molecule has 4 heteroatoms. The van der Waals surface area contributed by atoms with Gasteiger partial charge in [0.05, 0.1) is 24.7 Å². The molecule has 3 rings (SSSR count). The molecule has 0 heterocycles. The Bertz CT molecular complexity index is 551. The molecule has 1 amide bonds. The summed E-state index contributed by atoms with van der Waals surface area (Å²) in [6.45, 7) is 0. The lowest BCUT2D eigenvalue weighted by Gasteiger charge is -2.34. The van der Waals surface area contributed by atoms with Crippen LogP contribution in [0, 0.1) is 0 Å². The van der Waals surface area contributed by atoms with E-state index in [0.29, 0.717) is 0 Å². The minimum absolute atomic E-state index is 0.0780. The number of amides is 1. The fraction of sp³-hybridized carbons (Fsp3) is 0.632. The van der Waals surface area contributed by atoms with Gasteiger partial charge in [0, 0.05) is 0 Å². The number of aliphatic hydroxyl groups is 1. The Labute approximate surface area is 138 Å². The first-order valence-electron chi connectivity index (χ1n) is 8.79. The van der Waals surface area contributed by atoms with E-state index in [1.165, 1.54) is 0 Å². The molecule has 23 heavy (non-hydrogen) atoms. The van der Waals surface area contributed by atoms with Crippen molar-refractivity contribution in [3.8, 4) is 5.75 Å². The van der Waals surface area contributed by atoms with Gasteiger partial charge < -0.3 is 15.2 Å². The number of hydrogen-bond donors (Lipinski definition) is 2. The molecule has 0 aromatic heterocycles. The fourth-order valence-corrected chi connectivity index (χ4v) is 4.13. The van der Waals surface area contributed by atoms with Gasteiger partial charge in [0.1, 0.15) is 5.75 Å². The van der Waals surface area contributed by atoms with Crippen molar-refractivity contribution >= 4 is 5.91 Å². The highest BCUT2D eigenvalue weighted by molar-refractivity contribution is 5.89. The van der Waals surface area contributed by atoms with Gasteiger partial charge in [-0.15, -0.1) is 0 Å². The quantitative estimate of drug-likeness (QED) is 0.897. The molecule has 0 spiro atoms. The summed E-state index contributed by atoms with van der Waals surface area (Å²) in [5.74, 6) is 0.869. The number of nitrogens with one attached hydrogen (secondary N) is 1. The number of rotatable bonds is 4. The van der Waals surface area contributed by atoms with Gasteiger partial charge in [-0.05, 0) is 43.4 Å². The SMILES string of the molecule is COc1cccc(C2(C(=O)NC3CCCCC3O)CCCC2)c1. The average Bonchev–Trinajstić information content (AvgIpc) is 3.08. The summed E-state index contributed by atoms with van der Waals surface area (Å²) in [6, 6.07) is 7.79. The minimum Gasteiger partial charge on any atom is -0.497 e. The van der Waals surface area contributed by atoms with Crippen LogP contribution in [0.1, 0.15) is 56.9 Å². The lowest BCUT2D eigenvalue weighted by molar-refractivity contribution is -0.128. The maximum atomic E-state index is 13.1. The maximum absolute atomic E-state index is 13.1. The Hall–Kier alpha value is -1.55. The zero-order valence-electron chi connectivity index (χ0n) is 13.9. The molecule has 1 aromatic rings. The molecule has 2 aliphatic rings. The maximum Gasteiger partial charge on any atom is 0.230 e. The van der Waals surface area contributed by atoms with Gasteiger partial charge in [0.15, 0.2) is 0 Å². The van der Waals surface area contributed by atoms with Crippen LogP contribution in [0.2, 0.25) is 0 Å². The minimum atomic E-state index is -0.467. The van der Waals surface area contributed by atoms with E-state index < -0.39 is 11.5 Å². The predicted octanol–water partition coefficient (Wildman–Crippen LogP) is 2.93. The van der Waals surface area contributed by atoms with E-state index in [4.69, 9.17) is 4.74 Å². The Balaban J connectivity index is 1.83. The number of aliphatic hydroxyl groups excluding tert-OH is 1. The van der Waals surface area contributed by atoms with Crippen molar-refractivity contribution in [3.63, 3.8) is 0 Å². The zero-order valence-corrected chi connectivity index (χ0v) is 13.9. The highest BCUT2D eigenvalue weighted by Gasteiger charge is 2.44. The normalized spacial score (nSPS) is 26.7. The number of hydrogen-bond acceptors (Lipinski definition) is 3. The number of benzene rings is 1. The molecule has 2 N–H and O–H groups in total. The third-order valence-corrected chi connectivity index (χ3v) is 5.56. The average molecular weight is 317 g/mol. The van der Waals surface area contributed by atoms with Gasteiger partial charge in [-0.2, -0.15) is 0 Å². The van der Waals surface area contributed by atoms with Crippen LogP contribution in [0.25, 0.3) is 0 Å². The summed E-state index contributed by atoms with van der Waals surface area (Å²) >= 11 is 0. The van der Waals surface area contributed by atoms with E-state index in [0.717, 1.165) is 62.7 Å². The molecule has 2 fully saturated rings. The van der Waals surface area contributed by atoms with Crippen molar-refractivity contribution in [3.05, 3.63) is 29.8 Å². The molecule has 2 aliphatic carbocycles. The molecule has 0 bridgehead atoms. The van der Waals surface area contributed by atoms with E-state index in [2.05, 4.69) is 5.32 Å². The summed E-state index contributed by atoms with van der Waals surface area (Å²) in [6.07, 6.45) is 7.26. The second-order valence-corrected chi connectivity index (χ2v) is 6.95. The first kappa shape index (κ1) is 16.3. The standard InChI is InChI=1S/C19H27NO3/c1-23-15-8-6-7-14(13-15)19(11-4-5-12-19)18(22)20-16-9-2-3-10-17(16)21/h6-8,13,16-17,21H,2-5,9-12H2,1H3,(H,20,22). The van der Waals surface area contributed by atoms with Crippen LogP contribution in [-0.4, -0.2) is 30.3 Å². The Morgan fingerprint density at radius 3 is 2.65 bits per heavy atom. The van der Waals surface area contributed by atoms with Crippen molar-refractivity contribution in [2.75, 3.05) is 7.11 Å². The largest absolute Gasteiger partial charge is 0.497 e. The van der Waals surface area contributed by atoms with E-state index in [1.54, 1.807) is 7.11 Å². The summed E-state index contributed by atoms with van der Waals surface area (Å²) in [4.78, 5) is 13.1. The smallest absolute Gasteiger partial charge is 0.230 e. The predicted molar refractivity (Wildman–Crippen MR) is 89.5 cm³/mol. The number of ether oxygens (including phenoxy) is 1. The van der Waals surface area contributed by atoms with Crippen molar-refractivity contribution in [1.29, 1.82) is 0 Å². The fourth-order valence-electron chi connectivity index (χ4n) is 4.13. The number of methoxy groups -OCH3 is 1. The Kier molecular flexibility index (Phi) is 4.90.